The molecular formula is C23H29FN2O4. The number of rotatable bonds is 7. The summed E-state index contributed by atoms with van der Waals surface area (Å²) in [4.78, 5) is 24.8. The lowest BCUT2D eigenvalue weighted by Gasteiger charge is -2.21. The summed E-state index contributed by atoms with van der Waals surface area (Å²) < 4.78 is 25.2. The van der Waals surface area contributed by atoms with Crippen LogP contribution in [0.5, 0.6) is 5.75 Å². The zero-order chi connectivity index (χ0) is 22.3. The Hall–Kier alpha value is -3.09. The van der Waals surface area contributed by atoms with E-state index in [0.29, 0.717) is 12.4 Å². The molecule has 0 aromatic heterocycles. The fraction of sp³-hybridized carbons (Fsp3) is 0.391. The number of hydrogen-bond acceptors (Lipinski definition) is 4. The van der Waals surface area contributed by atoms with Crippen molar-refractivity contribution in [3.05, 3.63) is 65.0 Å². The Morgan fingerprint density at radius 2 is 1.80 bits per heavy atom. The van der Waals surface area contributed by atoms with E-state index >= 15 is 0 Å². The molecule has 0 bridgehead atoms. The van der Waals surface area contributed by atoms with Crippen LogP contribution in [-0.2, 0) is 11.3 Å². The maximum atomic E-state index is 14.4. The molecule has 2 rings (SSSR count). The van der Waals surface area contributed by atoms with E-state index in [0.717, 1.165) is 5.56 Å². The molecule has 6 nitrogen and oxygen atoms in total. The van der Waals surface area contributed by atoms with Gasteiger partial charge in [-0.1, -0.05) is 24.3 Å². The number of ether oxygens (including phenoxy) is 2. The maximum absolute atomic E-state index is 14.4. The number of halogens is 1. The van der Waals surface area contributed by atoms with Gasteiger partial charge in [-0.2, -0.15) is 0 Å². The van der Waals surface area contributed by atoms with Gasteiger partial charge in [0.05, 0.1) is 12.6 Å². The van der Waals surface area contributed by atoms with Gasteiger partial charge in [0, 0.05) is 23.2 Å². The molecule has 0 fully saturated rings. The summed E-state index contributed by atoms with van der Waals surface area (Å²) in [6.07, 6.45) is -0.684. The first kappa shape index (κ1) is 23.2. The number of alkyl carbamates (subject to hydrolysis) is 1. The normalized spacial score (nSPS) is 12.1. The summed E-state index contributed by atoms with van der Waals surface area (Å²) >= 11 is 0. The molecule has 0 spiro atoms. The topological polar surface area (TPSA) is 76.7 Å². The number of carbonyl (C=O) groups is 2. The van der Waals surface area contributed by atoms with Crippen molar-refractivity contribution in [2.75, 3.05) is 6.61 Å². The second kappa shape index (κ2) is 10.1. The summed E-state index contributed by atoms with van der Waals surface area (Å²) in [5, 5.41) is 5.38. The Kier molecular flexibility index (Phi) is 7.80. The predicted octanol–water partition coefficient (Wildman–Crippen LogP) is 4.74. The highest BCUT2D eigenvalue weighted by atomic mass is 19.1. The zero-order valence-corrected chi connectivity index (χ0v) is 18.0. The molecule has 1 unspecified atom stereocenters. The lowest BCUT2D eigenvalue weighted by molar-refractivity contribution is 0.0522. The summed E-state index contributed by atoms with van der Waals surface area (Å²) in [7, 11) is 0. The monoisotopic (exact) mass is 416 g/mol. The second-order valence-electron chi connectivity index (χ2n) is 7.79. The molecule has 0 aliphatic heterocycles. The Balaban J connectivity index is 2.16. The van der Waals surface area contributed by atoms with Crippen LogP contribution in [0.15, 0.2) is 42.5 Å². The van der Waals surface area contributed by atoms with Crippen LogP contribution in [-0.4, -0.2) is 24.2 Å². The first-order valence-electron chi connectivity index (χ1n) is 9.89. The van der Waals surface area contributed by atoms with E-state index in [1.54, 1.807) is 20.8 Å². The van der Waals surface area contributed by atoms with Gasteiger partial charge in [0.2, 0.25) is 0 Å². The minimum Gasteiger partial charge on any atom is -0.494 e. The highest BCUT2D eigenvalue weighted by molar-refractivity contribution is 5.96. The van der Waals surface area contributed by atoms with Crippen molar-refractivity contribution in [1.82, 2.24) is 10.6 Å². The molecule has 2 amide bonds. The SMILES string of the molecule is CCOc1ccccc1C(C)NC(=O)c1cccc(F)c1CNC(=O)OC(C)(C)C. The molecule has 2 aromatic rings. The third-order valence-electron chi connectivity index (χ3n) is 4.20. The summed E-state index contributed by atoms with van der Waals surface area (Å²) in [6, 6.07) is 11.3. The van der Waals surface area contributed by atoms with Crippen molar-refractivity contribution >= 4 is 12.0 Å². The predicted molar refractivity (Wildman–Crippen MR) is 113 cm³/mol. The summed E-state index contributed by atoms with van der Waals surface area (Å²) in [5.41, 5.74) is 0.374. The highest BCUT2D eigenvalue weighted by Gasteiger charge is 2.21. The van der Waals surface area contributed by atoms with Gasteiger partial charge in [-0.3, -0.25) is 4.79 Å². The van der Waals surface area contributed by atoms with Crippen molar-refractivity contribution in [3.8, 4) is 5.75 Å². The van der Waals surface area contributed by atoms with E-state index in [1.807, 2.05) is 38.1 Å². The Bertz CT molecular complexity index is 893. The largest absolute Gasteiger partial charge is 0.494 e. The third-order valence-corrected chi connectivity index (χ3v) is 4.20. The van der Waals surface area contributed by atoms with Crippen molar-refractivity contribution in [2.45, 2.75) is 52.8 Å². The summed E-state index contributed by atoms with van der Waals surface area (Å²) in [5.74, 6) is -0.353. The van der Waals surface area contributed by atoms with Crippen LogP contribution in [0.3, 0.4) is 0 Å². The molecule has 30 heavy (non-hydrogen) atoms. The molecule has 0 saturated heterocycles. The van der Waals surface area contributed by atoms with Crippen LogP contribution in [0, 0.1) is 5.82 Å². The fourth-order valence-electron chi connectivity index (χ4n) is 2.90. The highest BCUT2D eigenvalue weighted by Crippen LogP contribution is 2.25. The van der Waals surface area contributed by atoms with Crippen LogP contribution >= 0.6 is 0 Å². The van der Waals surface area contributed by atoms with Gasteiger partial charge in [-0.15, -0.1) is 0 Å². The molecule has 2 N–H and O–H groups in total. The van der Waals surface area contributed by atoms with Gasteiger partial charge in [0.25, 0.3) is 5.91 Å². The Labute approximate surface area is 176 Å². The van der Waals surface area contributed by atoms with Crippen molar-refractivity contribution in [3.63, 3.8) is 0 Å². The molecule has 2 aromatic carbocycles. The molecule has 0 radical (unpaired) electrons. The number of hydrogen-bond donors (Lipinski definition) is 2. The first-order chi connectivity index (χ1) is 14.1. The van der Waals surface area contributed by atoms with E-state index in [1.165, 1.54) is 18.2 Å². The van der Waals surface area contributed by atoms with Crippen LogP contribution in [0.4, 0.5) is 9.18 Å². The van der Waals surface area contributed by atoms with E-state index < -0.39 is 23.4 Å². The quantitative estimate of drug-likeness (QED) is 0.684. The molecule has 0 heterocycles. The molecule has 0 aliphatic rings. The minimum absolute atomic E-state index is 0.0890. The van der Waals surface area contributed by atoms with Crippen molar-refractivity contribution in [1.29, 1.82) is 0 Å². The van der Waals surface area contributed by atoms with Gasteiger partial charge >= 0.3 is 6.09 Å². The second-order valence-corrected chi connectivity index (χ2v) is 7.79. The van der Waals surface area contributed by atoms with Gasteiger partial charge in [0.15, 0.2) is 0 Å². The minimum atomic E-state index is -0.684. The van der Waals surface area contributed by atoms with E-state index in [4.69, 9.17) is 9.47 Å². The van der Waals surface area contributed by atoms with Crippen LogP contribution in [0.1, 0.15) is 62.1 Å². The van der Waals surface area contributed by atoms with Gasteiger partial charge in [-0.05, 0) is 52.8 Å². The number of nitrogens with one attached hydrogen (secondary N) is 2. The average Bonchev–Trinajstić information content (AvgIpc) is 2.66. The zero-order valence-electron chi connectivity index (χ0n) is 18.0. The molecular weight excluding hydrogens is 387 g/mol. The van der Waals surface area contributed by atoms with Crippen LogP contribution in [0.25, 0.3) is 0 Å². The molecule has 1 atom stereocenters. The Morgan fingerprint density at radius 3 is 2.47 bits per heavy atom. The average molecular weight is 416 g/mol. The van der Waals surface area contributed by atoms with Crippen LogP contribution < -0.4 is 15.4 Å². The molecule has 7 heteroatoms. The smallest absolute Gasteiger partial charge is 0.407 e. The number of carbonyl (C=O) groups excluding carboxylic acids is 2. The maximum Gasteiger partial charge on any atom is 0.407 e. The van der Waals surface area contributed by atoms with Gasteiger partial charge in [-0.25, -0.2) is 9.18 Å². The van der Waals surface area contributed by atoms with Crippen molar-refractivity contribution < 1.29 is 23.5 Å². The molecule has 162 valence electrons. The third kappa shape index (κ3) is 6.47. The first-order valence-corrected chi connectivity index (χ1v) is 9.89. The summed E-state index contributed by atoms with van der Waals surface area (Å²) in [6.45, 7) is 9.24. The molecule has 0 aliphatic carbocycles. The van der Waals surface area contributed by atoms with Crippen molar-refractivity contribution in [2.24, 2.45) is 0 Å². The molecule has 0 saturated carbocycles. The van der Waals surface area contributed by atoms with Crippen LogP contribution in [0.2, 0.25) is 0 Å². The number of para-hydroxylation sites is 1. The fourth-order valence-corrected chi connectivity index (χ4v) is 2.90. The lowest BCUT2D eigenvalue weighted by atomic mass is 10.0. The van der Waals surface area contributed by atoms with Gasteiger partial charge < -0.3 is 20.1 Å². The van der Waals surface area contributed by atoms with E-state index in [-0.39, 0.29) is 23.7 Å². The van der Waals surface area contributed by atoms with Gasteiger partial charge in [0.1, 0.15) is 17.2 Å². The lowest BCUT2D eigenvalue weighted by Crippen LogP contribution is -2.33. The number of amides is 2. The van der Waals surface area contributed by atoms with E-state index in [9.17, 15) is 14.0 Å². The Morgan fingerprint density at radius 1 is 1.10 bits per heavy atom. The standard InChI is InChI=1S/C23H29FN2O4/c1-6-29-20-13-8-7-10-16(20)15(2)26-21(27)17-11-9-12-19(24)18(17)14-25-22(28)30-23(3,4)5/h7-13,15H,6,14H2,1-5H3,(H,25,28)(H,26,27). The number of benzene rings is 2. The van der Waals surface area contributed by atoms with E-state index in [2.05, 4.69) is 10.6 Å².